The van der Waals surface area contributed by atoms with Gasteiger partial charge in [0.15, 0.2) is 5.65 Å². The molecule has 0 aliphatic carbocycles. The summed E-state index contributed by atoms with van der Waals surface area (Å²) in [6.07, 6.45) is 1.53. The van der Waals surface area contributed by atoms with Gasteiger partial charge in [0.1, 0.15) is 18.9 Å². The van der Waals surface area contributed by atoms with Crippen LogP contribution < -0.4 is 16.2 Å². The fraction of sp³-hybridized carbons (Fsp3) is 0.222. The Morgan fingerprint density at radius 3 is 2.67 bits per heavy atom. The molecular formula is C9H9N9. The molecule has 90 valence electrons. The monoisotopic (exact) mass is 243 g/mol. The molecule has 0 aromatic carbocycles. The molecule has 4 N–H and O–H groups in total. The van der Waals surface area contributed by atoms with Gasteiger partial charge in [0.25, 0.3) is 0 Å². The largest absolute Gasteiger partial charge is 0.329 e. The van der Waals surface area contributed by atoms with Gasteiger partial charge in [0.05, 0.1) is 23.7 Å². The van der Waals surface area contributed by atoms with Crippen molar-refractivity contribution in [3.05, 3.63) is 6.20 Å². The number of H-pyrrole nitrogens is 1. The van der Waals surface area contributed by atoms with Gasteiger partial charge >= 0.3 is 0 Å². The van der Waals surface area contributed by atoms with Crippen LogP contribution in [0.4, 0.5) is 11.8 Å². The first-order chi connectivity index (χ1) is 8.80. The zero-order chi connectivity index (χ0) is 13.0. The van der Waals surface area contributed by atoms with E-state index in [1.807, 2.05) is 12.1 Å². The van der Waals surface area contributed by atoms with Crippen LogP contribution in [0, 0.1) is 22.7 Å². The first kappa shape index (κ1) is 11.6. The number of hydrogen-bond donors (Lipinski definition) is 3. The normalized spacial score (nSPS) is 9.72. The number of nitriles is 2. The van der Waals surface area contributed by atoms with Crippen molar-refractivity contribution in [3.63, 3.8) is 0 Å². The fourth-order valence-corrected chi connectivity index (χ4v) is 1.50. The van der Waals surface area contributed by atoms with Crippen molar-refractivity contribution >= 4 is 22.8 Å². The summed E-state index contributed by atoms with van der Waals surface area (Å²) in [6.45, 7) is 0.0731. The van der Waals surface area contributed by atoms with Gasteiger partial charge in [-0.1, -0.05) is 0 Å². The number of anilines is 2. The summed E-state index contributed by atoms with van der Waals surface area (Å²) in [5.74, 6) is 5.89. The number of nitrogen functional groups attached to an aromatic ring is 1. The summed E-state index contributed by atoms with van der Waals surface area (Å²) in [5.41, 5.74) is 2.81. The zero-order valence-electron chi connectivity index (χ0n) is 9.25. The molecule has 18 heavy (non-hydrogen) atoms. The second kappa shape index (κ2) is 4.95. The van der Waals surface area contributed by atoms with Crippen LogP contribution >= 0.6 is 0 Å². The van der Waals surface area contributed by atoms with Crippen molar-refractivity contribution < 1.29 is 0 Å². The minimum Gasteiger partial charge on any atom is -0.329 e. The van der Waals surface area contributed by atoms with Gasteiger partial charge in [-0.05, 0) is 0 Å². The van der Waals surface area contributed by atoms with Crippen LogP contribution in [0.25, 0.3) is 11.0 Å². The summed E-state index contributed by atoms with van der Waals surface area (Å²) in [6, 6.07) is 3.96. The number of rotatable bonds is 4. The van der Waals surface area contributed by atoms with Crippen molar-refractivity contribution in [2.24, 2.45) is 5.84 Å². The highest BCUT2D eigenvalue weighted by molar-refractivity contribution is 5.87. The molecule has 0 atom stereocenters. The van der Waals surface area contributed by atoms with Gasteiger partial charge in [-0.3, -0.25) is 10.5 Å². The van der Waals surface area contributed by atoms with E-state index in [1.165, 1.54) is 11.1 Å². The number of aromatic amines is 1. The van der Waals surface area contributed by atoms with E-state index < -0.39 is 0 Å². The third-order valence-electron chi connectivity index (χ3n) is 2.24. The molecule has 9 heteroatoms. The number of nitrogens with two attached hydrogens (primary N) is 1. The average Bonchev–Trinajstić information content (AvgIpc) is 2.85. The first-order valence-electron chi connectivity index (χ1n) is 4.96. The Hall–Kier alpha value is -2.91. The quantitative estimate of drug-likeness (QED) is 0.370. The highest BCUT2D eigenvalue weighted by Gasteiger charge is 2.15. The molecule has 0 unspecified atom stereocenters. The molecule has 2 rings (SSSR count). The van der Waals surface area contributed by atoms with Crippen LogP contribution in [0.2, 0.25) is 0 Å². The first-order valence-corrected chi connectivity index (χ1v) is 4.96. The molecule has 9 nitrogen and oxygen atoms in total. The Balaban J connectivity index is 2.56. The van der Waals surface area contributed by atoms with Crippen molar-refractivity contribution in [1.82, 2.24) is 20.2 Å². The van der Waals surface area contributed by atoms with E-state index in [4.69, 9.17) is 16.4 Å². The highest BCUT2D eigenvalue weighted by Crippen LogP contribution is 2.23. The van der Waals surface area contributed by atoms with Gasteiger partial charge in [0, 0.05) is 0 Å². The SMILES string of the molecule is N#CCN(CC#N)c1nc(NN)nc2[nH]ncc12. The fourth-order valence-electron chi connectivity index (χ4n) is 1.50. The molecule has 2 aromatic rings. The second-order valence-electron chi connectivity index (χ2n) is 3.32. The molecule has 0 saturated carbocycles. The molecule has 0 bridgehead atoms. The molecule has 0 spiro atoms. The maximum Gasteiger partial charge on any atom is 0.241 e. The van der Waals surface area contributed by atoms with Crippen molar-refractivity contribution in [2.75, 3.05) is 23.4 Å². The number of nitrogens with one attached hydrogen (secondary N) is 2. The molecule has 0 fully saturated rings. The third kappa shape index (κ3) is 1.98. The number of nitrogens with zero attached hydrogens (tertiary/aromatic N) is 6. The van der Waals surface area contributed by atoms with Crippen LogP contribution in [-0.4, -0.2) is 33.3 Å². The van der Waals surface area contributed by atoms with E-state index in [-0.39, 0.29) is 19.0 Å². The summed E-state index contributed by atoms with van der Waals surface area (Å²) < 4.78 is 0. The minimum atomic E-state index is 0.0366. The lowest BCUT2D eigenvalue weighted by Gasteiger charge is -2.17. The van der Waals surface area contributed by atoms with Crippen LogP contribution in [0.1, 0.15) is 0 Å². The van der Waals surface area contributed by atoms with Gasteiger partial charge in [-0.15, -0.1) is 0 Å². The Morgan fingerprint density at radius 1 is 1.33 bits per heavy atom. The Labute approximate surface area is 102 Å². The Morgan fingerprint density at radius 2 is 2.06 bits per heavy atom. The van der Waals surface area contributed by atoms with Crippen LogP contribution in [0.3, 0.4) is 0 Å². The molecule has 0 aliphatic rings. The average molecular weight is 243 g/mol. The maximum atomic E-state index is 8.77. The van der Waals surface area contributed by atoms with E-state index in [1.54, 1.807) is 0 Å². The molecule has 0 radical (unpaired) electrons. The molecule has 2 heterocycles. The zero-order valence-corrected chi connectivity index (χ0v) is 9.25. The lowest BCUT2D eigenvalue weighted by molar-refractivity contribution is 0.936. The predicted molar refractivity (Wildman–Crippen MR) is 62.9 cm³/mol. The van der Waals surface area contributed by atoms with E-state index >= 15 is 0 Å². The standard InChI is InChI=1S/C9H9N9/c10-1-3-18(4-2-11)8-6-5-13-17-7(6)14-9(15-8)16-12/h5H,3-4,12H2,(H2,13,14,15,16,17). The molecule has 2 aromatic heterocycles. The molecule has 0 aliphatic heterocycles. The van der Waals surface area contributed by atoms with Crippen LogP contribution in [0.15, 0.2) is 6.20 Å². The topological polar surface area (TPSA) is 143 Å². The van der Waals surface area contributed by atoms with Crippen molar-refractivity contribution in [1.29, 1.82) is 10.5 Å². The lowest BCUT2D eigenvalue weighted by atomic mass is 10.3. The molecule has 0 amide bonds. The van der Waals surface area contributed by atoms with Crippen LogP contribution in [0.5, 0.6) is 0 Å². The van der Waals surface area contributed by atoms with Crippen molar-refractivity contribution in [3.8, 4) is 12.1 Å². The van der Waals surface area contributed by atoms with Crippen molar-refractivity contribution in [2.45, 2.75) is 0 Å². The lowest BCUT2D eigenvalue weighted by Crippen LogP contribution is -2.26. The van der Waals surface area contributed by atoms with Crippen LogP contribution in [-0.2, 0) is 0 Å². The van der Waals surface area contributed by atoms with Gasteiger partial charge in [0.2, 0.25) is 5.95 Å². The summed E-state index contributed by atoms with van der Waals surface area (Å²) in [4.78, 5) is 9.72. The summed E-state index contributed by atoms with van der Waals surface area (Å²) in [5, 5.41) is 24.7. The number of aromatic nitrogens is 4. The number of fused-ring (bicyclic) bond motifs is 1. The second-order valence-corrected chi connectivity index (χ2v) is 3.32. The van der Waals surface area contributed by atoms with Gasteiger partial charge < -0.3 is 4.90 Å². The summed E-state index contributed by atoms with van der Waals surface area (Å²) >= 11 is 0. The maximum absolute atomic E-state index is 8.77. The third-order valence-corrected chi connectivity index (χ3v) is 2.24. The van der Waals surface area contributed by atoms with Gasteiger partial charge in [-0.25, -0.2) is 5.84 Å². The van der Waals surface area contributed by atoms with E-state index in [9.17, 15) is 0 Å². The number of hydrogen-bond acceptors (Lipinski definition) is 8. The smallest absolute Gasteiger partial charge is 0.241 e. The molecule has 0 saturated heterocycles. The van der Waals surface area contributed by atoms with E-state index in [2.05, 4.69) is 25.6 Å². The highest BCUT2D eigenvalue weighted by atomic mass is 15.3. The Bertz CT molecular complexity index is 616. The van der Waals surface area contributed by atoms with Gasteiger partial charge in [-0.2, -0.15) is 25.6 Å². The van der Waals surface area contributed by atoms with E-state index in [0.717, 1.165) is 0 Å². The number of hydrazine groups is 1. The predicted octanol–water partition coefficient (Wildman–Crippen LogP) is -0.508. The summed E-state index contributed by atoms with van der Waals surface area (Å²) in [7, 11) is 0. The van der Waals surface area contributed by atoms with E-state index in [0.29, 0.717) is 16.9 Å². The minimum absolute atomic E-state index is 0.0366. The molecular weight excluding hydrogens is 234 g/mol. The Kier molecular flexibility index (Phi) is 3.18.